The molecule has 0 aliphatic heterocycles. The van der Waals surface area contributed by atoms with Crippen LogP contribution >= 0.6 is 11.6 Å². The van der Waals surface area contributed by atoms with Crippen molar-refractivity contribution in [1.82, 2.24) is 10.3 Å². The molecule has 1 aromatic heterocycles. The first kappa shape index (κ1) is 11.9. The van der Waals surface area contributed by atoms with Crippen LogP contribution in [0.2, 0.25) is 5.02 Å². The zero-order valence-corrected chi connectivity index (χ0v) is 10.6. The highest BCUT2D eigenvalue weighted by Gasteiger charge is 2.27. The summed E-state index contributed by atoms with van der Waals surface area (Å²) in [6.07, 6.45) is 8.96. The van der Waals surface area contributed by atoms with E-state index >= 15 is 0 Å². The molecular weight excluding hydrogens is 220 g/mol. The summed E-state index contributed by atoms with van der Waals surface area (Å²) in [5.74, 6) is 0. The van der Waals surface area contributed by atoms with Gasteiger partial charge in [0.05, 0.1) is 5.02 Å². The zero-order chi connectivity index (χ0) is 11.4. The monoisotopic (exact) mass is 238 g/mol. The summed E-state index contributed by atoms with van der Waals surface area (Å²) in [5, 5.41) is 4.27. The van der Waals surface area contributed by atoms with E-state index in [1.807, 2.05) is 6.07 Å². The Hall–Kier alpha value is -0.600. The van der Waals surface area contributed by atoms with Crippen LogP contribution in [0.4, 0.5) is 0 Å². The first-order valence-electron chi connectivity index (χ1n) is 5.99. The van der Waals surface area contributed by atoms with Crippen molar-refractivity contribution in [2.24, 2.45) is 5.41 Å². The third kappa shape index (κ3) is 2.96. The number of nitrogens with one attached hydrogen (secondary N) is 1. The lowest BCUT2D eigenvalue weighted by Gasteiger charge is -2.23. The minimum Gasteiger partial charge on any atom is -0.312 e. The molecule has 1 heterocycles. The molecule has 16 heavy (non-hydrogen) atoms. The van der Waals surface area contributed by atoms with E-state index in [1.165, 1.54) is 25.7 Å². The molecule has 0 saturated heterocycles. The van der Waals surface area contributed by atoms with Crippen LogP contribution in [0.15, 0.2) is 18.5 Å². The Bertz CT molecular complexity index is 346. The van der Waals surface area contributed by atoms with Crippen LogP contribution in [0.1, 0.15) is 38.2 Å². The quantitative estimate of drug-likeness (QED) is 0.870. The van der Waals surface area contributed by atoms with Gasteiger partial charge in [-0.2, -0.15) is 0 Å². The molecule has 0 spiro atoms. The third-order valence-electron chi connectivity index (χ3n) is 3.53. The average molecular weight is 239 g/mol. The van der Waals surface area contributed by atoms with Gasteiger partial charge in [0.1, 0.15) is 0 Å². The van der Waals surface area contributed by atoms with Crippen LogP contribution < -0.4 is 5.32 Å². The second kappa shape index (κ2) is 5.15. The number of nitrogens with zero attached hydrogens (tertiary/aromatic N) is 1. The summed E-state index contributed by atoms with van der Waals surface area (Å²) in [6, 6.07) is 1.98. The van der Waals surface area contributed by atoms with Gasteiger partial charge in [0.25, 0.3) is 0 Å². The highest BCUT2D eigenvalue weighted by molar-refractivity contribution is 6.31. The summed E-state index contributed by atoms with van der Waals surface area (Å²) in [5.41, 5.74) is 1.64. The molecule has 1 N–H and O–H groups in total. The van der Waals surface area contributed by atoms with Crippen LogP contribution in [0.3, 0.4) is 0 Å². The second-order valence-electron chi connectivity index (χ2n) is 5.09. The second-order valence-corrected chi connectivity index (χ2v) is 5.50. The summed E-state index contributed by atoms with van der Waals surface area (Å²) in [7, 11) is 0. The molecule has 3 heteroatoms. The van der Waals surface area contributed by atoms with Crippen LogP contribution in [0.25, 0.3) is 0 Å². The highest BCUT2D eigenvalue weighted by Crippen LogP contribution is 2.36. The van der Waals surface area contributed by atoms with Gasteiger partial charge in [0.15, 0.2) is 0 Å². The van der Waals surface area contributed by atoms with E-state index in [4.69, 9.17) is 11.6 Å². The molecule has 0 bridgehead atoms. The largest absolute Gasteiger partial charge is 0.312 e. The minimum absolute atomic E-state index is 0.500. The number of hydrogen-bond donors (Lipinski definition) is 1. The van der Waals surface area contributed by atoms with E-state index in [0.717, 1.165) is 23.7 Å². The van der Waals surface area contributed by atoms with E-state index in [9.17, 15) is 0 Å². The molecule has 1 saturated carbocycles. The van der Waals surface area contributed by atoms with Gasteiger partial charge < -0.3 is 5.32 Å². The van der Waals surface area contributed by atoms with Crippen LogP contribution in [-0.2, 0) is 6.54 Å². The standard InChI is InChI=1S/C13H19ClN2/c1-13(5-2-3-6-13)10-16-8-11-4-7-15-9-12(11)14/h4,7,9,16H,2-3,5-6,8,10H2,1H3. The van der Waals surface area contributed by atoms with Gasteiger partial charge in [-0.1, -0.05) is 31.4 Å². The number of halogens is 1. The Morgan fingerprint density at radius 1 is 1.44 bits per heavy atom. The Labute approximate surface area is 102 Å². The zero-order valence-electron chi connectivity index (χ0n) is 9.80. The summed E-state index contributed by atoms with van der Waals surface area (Å²) in [6.45, 7) is 4.31. The smallest absolute Gasteiger partial charge is 0.0634 e. The van der Waals surface area contributed by atoms with Crippen molar-refractivity contribution in [2.45, 2.75) is 39.2 Å². The number of aromatic nitrogens is 1. The van der Waals surface area contributed by atoms with Crippen LogP contribution in [0.5, 0.6) is 0 Å². The van der Waals surface area contributed by atoms with Gasteiger partial charge in [-0.05, 0) is 29.9 Å². The molecule has 1 aliphatic carbocycles. The molecule has 0 unspecified atom stereocenters. The van der Waals surface area contributed by atoms with Crippen molar-refractivity contribution >= 4 is 11.6 Å². The average Bonchev–Trinajstić information content (AvgIpc) is 2.68. The predicted molar refractivity (Wildman–Crippen MR) is 67.5 cm³/mol. The van der Waals surface area contributed by atoms with Crippen molar-refractivity contribution in [3.63, 3.8) is 0 Å². The van der Waals surface area contributed by atoms with Gasteiger partial charge in [-0.25, -0.2) is 0 Å². The highest BCUT2D eigenvalue weighted by atomic mass is 35.5. The lowest BCUT2D eigenvalue weighted by Crippen LogP contribution is -2.29. The fraction of sp³-hybridized carbons (Fsp3) is 0.615. The van der Waals surface area contributed by atoms with Gasteiger partial charge in [-0.15, -0.1) is 0 Å². The van der Waals surface area contributed by atoms with Gasteiger partial charge in [0, 0.05) is 25.5 Å². The topological polar surface area (TPSA) is 24.9 Å². The first-order chi connectivity index (χ1) is 7.70. The molecule has 0 aromatic carbocycles. The molecule has 0 atom stereocenters. The summed E-state index contributed by atoms with van der Waals surface area (Å²) < 4.78 is 0. The van der Waals surface area contributed by atoms with Gasteiger partial charge in [0.2, 0.25) is 0 Å². The van der Waals surface area contributed by atoms with E-state index in [2.05, 4.69) is 17.2 Å². The molecule has 2 rings (SSSR count). The molecule has 1 aromatic rings. The van der Waals surface area contributed by atoms with Crippen molar-refractivity contribution in [2.75, 3.05) is 6.54 Å². The minimum atomic E-state index is 0.500. The maximum Gasteiger partial charge on any atom is 0.0634 e. The first-order valence-corrected chi connectivity index (χ1v) is 6.37. The van der Waals surface area contributed by atoms with Crippen LogP contribution in [-0.4, -0.2) is 11.5 Å². The maximum absolute atomic E-state index is 6.05. The maximum atomic E-state index is 6.05. The molecule has 2 nitrogen and oxygen atoms in total. The molecule has 88 valence electrons. The van der Waals surface area contributed by atoms with Gasteiger partial charge in [-0.3, -0.25) is 4.98 Å². The predicted octanol–water partition coefficient (Wildman–Crippen LogP) is 3.40. The molecule has 1 aliphatic rings. The molecular formula is C13H19ClN2. The Balaban J connectivity index is 1.82. The SMILES string of the molecule is CC1(CNCc2ccncc2Cl)CCCC1. The van der Waals surface area contributed by atoms with Crippen molar-refractivity contribution in [3.8, 4) is 0 Å². The molecule has 0 radical (unpaired) electrons. The Morgan fingerprint density at radius 2 is 2.19 bits per heavy atom. The molecule has 1 fully saturated rings. The lowest BCUT2D eigenvalue weighted by molar-refractivity contribution is 0.314. The number of rotatable bonds is 4. The number of pyridine rings is 1. The van der Waals surface area contributed by atoms with E-state index in [1.54, 1.807) is 12.4 Å². The summed E-state index contributed by atoms with van der Waals surface area (Å²) >= 11 is 6.05. The lowest BCUT2D eigenvalue weighted by atomic mass is 9.89. The fourth-order valence-electron chi connectivity index (χ4n) is 2.45. The van der Waals surface area contributed by atoms with E-state index < -0.39 is 0 Å². The van der Waals surface area contributed by atoms with Gasteiger partial charge >= 0.3 is 0 Å². The van der Waals surface area contributed by atoms with E-state index in [-0.39, 0.29) is 0 Å². The third-order valence-corrected chi connectivity index (χ3v) is 3.87. The summed E-state index contributed by atoms with van der Waals surface area (Å²) in [4.78, 5) is 3.98. The molecule has 0 amide bonds. The van der Waals surface area contributed by atoms with Crippen molar-refractivity contribution < 1.29 is 0 Å². The van der Waals surface area contributed by atoms with Crippen molar-refractivity contribution in [1.29, 1.82) is 0 Å². The van der Waals surface area contributed by atoms with Crippen molar-refractivity contribution in [3.05, 3.63) is 29.0 Å². The van der Waals surface area contributed by atoms with E-state index in [0.29, 0.717) is 5.41 Å². The number of hydrogen-bond acceptors (Lipinski definition) is 2. The fourth-order valence-corrected chi connectivity index (χ4v) is 2.64. The Morgan fingerprint density at radius 3 is 2.88 bits per heavy atom. The van der Waals surface area contributed by atoms with Crippen LogP contribution in [0, 0.1) is 5.41 Å². The normalized spacial score (nSPS) is 18.9. The Kier molecular flexibility index (Phi) is 3.82.